The minimum Gasteiger partial charge on any atom is -0.457 e. The summed E-state index contributed by atoms with van der Waals surface area (Å²) in [4.78, 5) is 17.7. The molecule has 2 amide bonds. The average molecular weight is 609 g/mol. The number of sulfonamides is 1. The molecule has 9 nitrogen and oxygen atoms in total. The summed E-state index contributed by atoms with van der Waals surface area (Å²) >= 11 is 0. The highest BCUT2D eigenvalue weighted by molar-refractivity contribution is 7.92. The van der Waals surface area contributed by atoms with Crippen molar-refractivity contribution in [3.05, 3.63) is 54.1 Å². The summed E-state index contributed by atoms with van der Waals surface area (Å²) < 4.78 is 31.1. The number of unbranched alkanes of at least 4 members (excludes halogenated alkanes) is 1. The van der Waals surface area contributed by atoms with Gasteiger partial charge in [0.15, 0.2) is 0 Å². The number of urea groups is 1. The van der Waals surface area contributed by atoms with Crippen LogP contribution in [0.2, 0.25) is 0 Å². The molecular formula is C30H45ClN4O5S. The minimum atomic E-state index is -3.31. The SMILES string of the molecule is CS(=O)(=O)Nc1ccc(Oc2ccc(CN3CCC(N(CCCCO)C(=O)NC4CCCCC4)CC3)cc2)cc1.Cl. The van der Waals surface area contributed by atoms with E-state index in [2.05, 4.69) is 27.1 Å². The highest BCUT2D eigenvalue weighted by Gasteiger charge is 2.29. The number of hydrogen-bond donors (Lipinski definition) is 3. The summed E-state index contributed by atoms with van der Waals surface area (Å²) in [6.45, 7) is 3.57. The molecule has 3 N–H and O–H groups in total. The van der Waals surface area contributed by atoms with Crippen LogP contribution in [-0.2, 0) is 16.6 Å². The number of likely N-dealkylation sites (tertiary alicyclic amines) is 1. The van der Waals surface area contributed by atoms with Gasteiger partial charge in [-0.1, -0.05) is 31.4 Å². The molecule has 4 rings (SSSR count). The Labute approximate surface area is 251 Å². The van der Waals surface area contributed by atoms with Crippen molar-refractivity contribution in [1.82, 2.24) is 15.1 Å². The van der Waals surface area contributed by atoms with E-state index in [1.165, 1.54) is 24.8 Å². The van der Waals surface area contributed by atoms with E-state index < -0.39 is 10.0 Å². The zero-order valence-electron chi connectivity index (χ0n) is 24.0. The highest BCUT2D eigenvalue weighted by Crippen LogP contribution is 2.25. The van der Waals surface area contributed by atoms with E-state index >= 15 is 0 Å². The van der Waals surface area contributed by atoms with Gasteiger partial charge in [0, 0.05) is 50.6 Å². The average Bonchev–Trinajstić information content (AvgIpc) is 2.94. The number of hydrogen-bond acceptors (Lipinski definition) is 6. The fourth-order valence-electron chi connectivity index (χ4n) is 5.60. The van der Waals surface area contributed by atoms with Crippen LogP contribution in [0.3, 0.4) is 0 Å². The van der Waals surface area contributed by atoms with Crippen LogP contribution in [-0.4, -0.2) is 73.9 Å². The van der Waals surface area contributed by atoms with E-state index in [0.717, 1.165) is 64.4 Å². The lowest BCUT2D eigenvalue weighted by atomic mass is 9.95. The summed E-state index contributed by atoms with van der Waals surface area (Å²) in [6.07, 6.45) is 10.4. The van der Waals surface area contributed by atoms with Crippen LogP contribution in [0.4, 0.5) is 10.5 Å². The molecular weight excluding hydrogens is 564 g/mol. The largest absolute Gasteiger partial charge is 0.457 e. The maximum absolute atomic E-state index is 13.2. The van der Waals surface area contributed by atoms with Crippen LogP contribution >= 0.6 is 12.4 Å². The zero-order valence-corrected chi connectivity index (χ0v) is 25.6. The van der Waals surface area contributed by atoms with Gasteiger partial charge in [-0.15, -0.1) is 12.4 Å². The Hall–Kier alpha value is -2.53. The van der Waals surface area contributed by atoms with E-state index in [0.29, 0.717) is 29.8 Å². The first-order chi connectivity index (χ1) is 19.3. The van der Waals surface area contributed by atoms with Crippen molar-refractivity contribution >= 4 is 34.1 Å². The first-order valence-corrected chi connectivity index (χ1v) is 16.4. The first kappa shape index (κ1) is 33.0. The number of piperidine rings is 1. The fourth-order valence-corrected chi connectivity index (χ4v) is 6.16. The van der Waals surface area contributed by atoms with Gasteiger partial charge in [-0.05, 0) is 80.5 Å². The number of nitrogens with zero attached hydrogens (tertiary/aromatic N) is 2. The molecule has 0 radical (unpaired) electrons. The molecule has 0 atom stereocenters. The Morgan fingerprint density at radius 2 is 1.56 bits per heavy atom. The van der Waals surface area contributed by atoms with Crippen molar-refractivity contribution in [3.8, 4) is 11.5 Å². The Morgan fingerprint density at radius 1 is 0.951 bits per heavy atom. The monoisotopic (exact) mass is 608 g/mol. The van der Waals surface area contributed by atoms with E-state index in [9.17, 15) is 18.3 Å². The normalized spacial score (nSPS) is 16.9. The van der Waals surface area contributed by atoms with Crippen LogP contribution < -0.4 is 14.8 Å². The molecule has 0 aromatic heterocycles. The second kappa shape index (κ2) is 16.2. The quantitative estimate of drug-likeness (QED) is 0.280. The third-order valence-electron chi connectivity index (χ3n) is 7.72. The van der Waals surface area contributed by atoms with Crippen molar-refractivity contribution < 1.29 is 23.1 Å². The highest BCUT2D eigenvalue weighted by atomic mass is 35.5. The van der Waals surface area contributed by atoms with Crippen LogP contribution in [0.5, 0.6) is 11.5 Å². The molecule has 228 valence electrons. The molecule has 1 saturated carbocycles. The first-order valence-electron chi connectivity index (χ1n) is 14.5. The summed E-state index contributed by atoms with van der Waals surface area (Å²) in [5.41, 5.74) is 1.69. The second-order valence-electron chi connectivity index (χ2n) is 11.1. The molecule has 1 saturated heterocycles. The smallest absolute Gasteiger partial charge is 0.317 e. The summed E-state index contributed by atoms with van der Waals surface area (Å²) in [5, 5.41) is 12.5. The van der Waals surface area contributed by atoms with Crippen LogP contribution in [0, 0.1) is 0 Å². The van der Waals surface area contributed by atoms with E-state index in [4.69, 9.17) is 4.74 Å². The van der Waals surface area contributed by atoms with E-state index in [1.54, 1.807) is 24.3 Å². The second-order valence-corrected chi connectivity index (χ2v) is 12.8. The number of rotatable bonds is 12. The van der Waals surface area contributed by atoms with Gasteiger partial charge in [0.05, 0.1) is 6.26 Å². The number of aliphatic hydroxyl groups excluding tert-OH is 1. The van der Waals surface area contributed by atoms with Gasteiger partial charge in [-0.3, -0.25) is 9.62 Å². The maximum atomic E-state index is 13.2. The van der Waals surface area contributed by atoms with Crippen molar-refractivity contribution in [2.24, 2.45) is 0 Å². The maximum Gasteiger partial charge on any atom is 0.317 e. The van der Waals surface area contributed by atoms with Crippen LogP contribution in [0.25, 0.3) is 0 Å². The fraction of sp³-hybridized carbons (Fsp3) is 0.567. The minimum absolute atomic E-state index is 0. The molecule has 41 heavy (non-hydrogen) atoms. The van der Waals surface area contributed by atoms with Gasteiger partial charge in [0.25, 0.3) is 0 Å². The van der Waals surface area contributed by atoms with E-state index in [1.807, 2.05) is 17.0 Å². The Morgan fingerprint density at radius 3 is 2.15 bits per heavy atom. The number of amides is 2. The number of benzene rings is 2. The molecule has 0 unspecified atom stereocenters. The van der Waals surface area contributed by atoms with Crippen molar-refractivity contribution in [2.45, 2.75) is 76.4 Å². The number of carbonyl (C=O) groups excluding carboxylic acids is 1. The lowest BCUT2D eigenvalue weighted by Crippen LogP contribution is -2.53. The zero-order chi connectivity index (χ0) is 28.4. The molecule has 1 heterocycles. The molecule has 2 aromatic carbocycles. The Kier molecular flexibility index (Phi) is 13.0. The van der Waals surface area contributed by atoms with Crippen LogP contribution in [0.1, 0.15) is 63.4 Å². The number of carbonyl (C=O) groups is 1. The summed E-state index contributed by atoms with van der Waals surface area (Å²) in [7, 11) is -3.31. The number of ether oxygens (including phenoxy) is 1. The van der Waals surface area contributed by atoms with Gasteiger partial charge in [0.2, 0.25) is 10.0 Å². The summed E-state index contributed by atoms with van der Waals surface area (Å²) in [5.74, 6) is 1.35. The Balaban J connectivity index is 0.00000462. The lowest BCUT2D eigenvalue weighted by molar-refractivity contribution is 0.112. The topological polar surface area (TPSA) is 111 Å². The van der Waals surface area contributed by atoms with Gasteiger partial charge < -0.3 is 20.1 Å². The number of aliphatic hydroxyl groups is 1. The summed E-state index contributed by atoms with van der Waals surface area (Å²) in [6, 6.07) is 15.4. The molecule has 2 fully saturated rings. The van der Waals surface area contributed by atoms with Gasteiger partial charge in [-0.25, -0.2) is 13.2 Å². The molecule has 1 aliphatic heterocycles. The number of halogens is 1. The Bertz CT molecular complexity index is 1170. The molecule has 1 aliphatic carbocycles. The van der Waals surface area contributed by atoms with Crippen molar-refractivity contribution in [2.75, 3.05) is 37.2 Å². The van der Waals surface area contributed by atoms with Crippen LogP contribution in [0.15, 0.2) is 48.5 Å². The van der Waals surface area contributed by atoms with Crippen molar-refractivity contribution in [3.63, 3.8) is 0 Å². The molecule has 0 spiro atoms. The van der Waals surface area contributed by atoms with Crippen molar-refractivity contribution in [1.29, 1.82) is 0 Å². The third-order valence-corrected chi connectivity index (χ3v) is 8.33. The van der Waals surface area contributed by atoms with Gasteiger partial charge >= 0.3 is 6.03 Å². The van der Waals surface area contributed by atoms with Gasteiger partial charge in [0.1, 0.15) is 11.5 Å². The molecule has 2 aliphatic rings. The number of nitrogens with one attached hydrogen (secondary N) is 2. The standard InChI is InChI=1S/C30H44N4O5S.ClH/c1-40(37,38)32-26-11-15-29(16-12-26)39-28-13-9-24(10-14-28)23-33-20-17-27(18-21-33)34(19-5-6-22-35)30(36)31-25-7-3-2-4-8-25;/h9-16,25,27,32,35H,2-8,17-23H2,1H3,(H,31,36);1H. The molecule has 11 heteroatoms. The lowest BCUT2D eigenvalue weighted by Gasteiger charge is -2.39. The number of anilines is 1. The van der Waals surface area contributed by atoms with Gasteiger partial charge in [-0.2, -0.15) is 0 Å². The molecule has 2 aromatic rings. The van der Waals surface area contributed by atoms with E-state index in [-0.39, 0.29) is 31.1 Å². The predicted octanol–water partition coefficient (Wildman–Crippen LogP) is 5.35. The predicted molar refractivity (Wildman–Crippen MR) is 165 cm³/mol. The molecule has 0 bridgehead atoms. The third kappa shape index (κ3) is 11.0.